The van der Waals surface area contributed by atoms with Crippen LogP contribution in [0.1, 0.15) is 32.6 Å². The van der Waals surface area contributed by atoms with Crippen LogP contribution in [0.4, 0.5) is 23.0 Å². The molecule has 0 atom stereocenters. The van der Waals surface area contributed by atoms with E-state index >= 15 is 0 Å². The van der Waals surface area contributed by atoms with E-state index in [2.05, 4.69) is 56.3 Å². The van der Waals surface area contributed by atoms with E-state index in [0.29, 0.717) is 25.9 Å². The summed E-state index contributed by atoms with van der Waals surface area (Å²) in [5.41, 5.74) is 2.26. The molecule has 3 heterocycles. The molecular weight excluding hydrogens is 366 g/mol. The second kappa shape index (κ2) is 8.68. The summed E-state index contributed by atoms with van der Waals surface area (Å²) in [6, 6.07) is 10.4. The third-order valence-corrected chi connectivity index (χ3v) is 6.11. The molecule has 2 aliphatic heterocycles. The highest BCUT2D eigenvalue weighted by atomic mass is 16.4. The first-order chi connectivity index (χ1) is 14.1. The van der Waals surface area contributed by atoms with Crippen molar-refractivity contribution in [3.05, 3.63) is 36.7 Å². The van der Waals surface area contributed by atoms with E-state index in [0.717, 1.165) is 36.3 Å². The van der Waals surface area contributed by atoms with Gasteiger partial charge in [0.1, 0.15) is 18.0 Å². The van der Waals surface area contributed by atoms with Gasteiger partial charge in [0.2, 0.25) is 0 Å². The number of carboxylic acid groups (broad SMARTS) is 1. The highest BCUT2D eigenvalue weighted by molar-refractivity contribution is 5.70. The van der Waals surface area contributed by atoms with E-state index in [1.807, 2.05) is 6.07 Å². The van der Waals surface area contributed by atoms with E-state index < -0.39 is 5.97 Å². The smallest absolute Gasteiger partial charge is 0.306 e. The molecule has 1 aromatic carbocycles. The molecule has 0 spiro atoms. The van der Waals surface area contributed by atoms with Gasteiger partial charge in [0, 0.05) is 43.6 Å². The number of aliphatic carboxylic acids is 1. The molecule has 2 aliphatic rings. The van der Waals surface area contributed by atoms with Crippen molar-refractivity contribution in [2.24, 2.45) is 11.8 Å². The second-order valence-electron chi connectivity index (χ2n) is 8.20. The fraction of sp³-hybridized carbons (Fsp3) is 0.500. The standard InChI is InChI=1S/C22H29N5O2/c1-16-6-10-26(11-7-16)19-4-2-18(3-5-19)25-20-14-21(24-15-23-20)27-12-8-17(9-13-27)22(28)29/h2-5,14-17H,6-13H2,1H3,(H,28,29)(H,23,24,25). The Kier molecular flexibility index (Phi) is 5.83. The van der Waals surface area contributed by atoms with Crippen molar-refractivity contribution in [2.45, 2.75) is 32.6 Å². The molecule has 1 aromatic heterocycles. The second-order valence-corrected chi connectivity index (χ2v) is 8.20. The first-order valence-electron chi connectivity index (χ1n) is 10.5. The van der Waals surface area contributed by atoms with Crippen LogP contribution in [0, 0.1) is 11.8 Å². The normalized spacial score (nSPS) is 18.7. The maximum atomic E-state index is 11.1. The van der Waals surface area contributed by atoms with Gasteiger partial charge in [0.15, 0.2) is 0 Å². The maximum absolute atomic E-state index is 11.1. The van der Waals surface area contributed by atoms with Crippen LogP contribution in [0.2, 0.25) is 0 Å². The topological polar surface area (TPSA) is 81.6 Å². The lowest BCUT2D eigenvalue weighted by Gasteiger charge is -2.32. The fourth-order valence-corrected chi connectivity index (χ4v) is 4.11. The van der Waals surface area contributed by atoms with Crippen LogP contribution >= 0.6 is 0 Å². The third kappa shape index (κ3) is 4.78. The Balaban J connectivity index is 1.37. The SMILES string of the molecule is CC1CCN(c2ccc(Nc3cc(N4CCC(C(=O)O)CC4)ncn3)cc2)CC1. The lowest BCUT2D eigenvalue weighted by Crippen LogP contribution is -2.36. The Hall–Kier alpha value is -2.83. The summed E-state index contributed by atoms with van der Waals surface area (Å²) in [5.74, 6) is 1.47. The van der Waals surface area contributed by atoms with Gasteiger partial charge >= 0.3 is 5.97 Å². The molecule has 0 saturated carbocycles. The van der Waals surface area contributed by atoms with Gasteiger partial charge in [-0.25, -0.2) is 9.97 Å². The maximum Gasteiger partial charge on any atom is 0.306 e. The lowest BCUT2D eigenvalue weighted by atomic mass is 9.97. The predicted octanol–water partition coefficient (Wildman–Crippen LogP) is 3.76. The highest BCUT2D eigenvalue weighted by Crippen LogP contribution is 2.27. The molecule has 7 nitrogen and oxygen atoms in total. The van der Waals surface area contributed by atoms with Crippen molar-refractivity contribution >= 4 is 29.0 Å². The number of aromatic nitrogens is 2. The van der Waals surface area contributed by atoms with Gasteiger partial charge in [0.05, 0.1) is 5.92 Å². The van der Waals surface area contributed by atoms with Crippen LogP contribution < -0.4 is 15.1 Å². The number of rotatable bonds is 5. The highest BCUT2D eigenvalue weighted by Gasteiger charge is 2.25. The van der Waals surface area contributed by atoms with E-state index in [-0.39, 0.29) is 5.92 Å². The summed E-state index contributed by atoms with van der Waals surface area (Å²) in [4.78, 5) is 24.4. The number of benzene rings is 1. The van der Waals surface area contributed by atoms with Crippen molar-refractivity contribution in [1.82, 2.24) is 9.97 Å². The summed E-state index contributed by atoms with van der Waals surface area (Å²) in [6.45, 7) is 5.99. The largest absolute Gasteiger partial charge is 0.481 e. The Morgan fingerprint density at radius 3 is 2.31 bits per heavy atom. The zero-order valence-corrected chi connectivity index (χ0v) is 16.9. The van der Waals surface area contributed by atoms with Crippen LogP contribution in [0.15, 0.2) is 36.7 Å². The van der Waals surface area contributed by atoms with Gasteiger partial charge in [-0.05, 0) is 55.9 Å². The van der Waals surface area contributed by atoms with Gasteiger partial charge in [-0.15, -0.1) is 0 Å². The molecule has 154 valence electrons. The van der Waals surface area contributed by atoms with Crippen LogP contribution in [-0.2, 0) is 4.79 Å². The summed E-state index contributed by atoms with van der Waals surface area (Å²) >= 11 is 0. The zero-order chi connectivity index (χ0) is 20.2. The molecule has 0 amide bonds. The molecule has 0 aliphatic carbocycles. The molecule has 2 saturated heterocycles. The van der Waals surface area contributed by atoms with Gasteiger partial charge in [0.25, 0.3) is 0 Å². The number of hydrogen-bond donors (Lipinski definition) is 2. The minimum absolute atomic E-state index is 0.243. The van der Waals surface area contributed by atoms with Crippen LogP contribution in [-0.4, -0.2) is 47.2 Å². The Bertz CT molecular complexity index is 825. The summed E-state index contributed by atoms with van der Waals surface area (Å²) in [5, 5.41) is 12.5. The van der Waals surface area contributed by atoms with Crippen molar-refractivity contribution in [2.75, 3.05) is 41.3 Å². The number of piperidine rings is 2. The minimum atomic E-state index is -0.697. The van der Waals surface area contributed by atoms with Crippen molar-refractivity contribution in [1.29, 1.82) is 0 Å². The van der Waals surface area contributed by atoms with Crippen LogP contribution in [0.25, 0.3) is 0 Å². The molecule has 7 heteroatoms. The number of nitrogens with one attached hydrogen (secondary N) is 1. The average molecular weight is 396 g/mol. The molecule has 29 heavy (non-hydrogen) atoms. The van der Waals surface area contributed by atoms with Gasteiger partial charge < -0.3 is 20.2 Å². The number of carboxylic acids is 1. The number of anilines is 4. The summed E-state index contributed by atoms with van der Waals surface area (Å²) < 4.78 is 0. The van der Waals surface area contributed by atoms with E-state index in [1.54, 1.807) is 6.33 Å². The molecule has 4 rings (SSSR count). The van der Waals surface area contributed by atoms with Gasteiger partial charge in [-0.3, -0.25) is 4.79 Å². The summed E-state index contributed by atoms with van der Waals surface area (Å²) in [6.07, 6.45) is 5.38. The van der Waals surface area contributed by atoms with E-state index in [1.165, 1.54) is 18.5 Å². The van der Waals surface area contributed by atoms with Crippen LogP contribution in [0.3, 0.4) is 0 Å². The Morgan fingerprint density at radius 2 is 1.66 bits per heavy atom. The zero-order valence-electron chi connectivity index (χ0n) is 16.9. The number of hydrogen-bond acceptors (Lipinski definition) is 6. The Labute approximate surface area is 171 Å². The van der Waals surface area contributed by atoms with Crippen molar-refractivity contribution in [3.8, 4) is 0 Å². The molecule has 0 bridgehead atoms. The summed E-state index contributed by atoms with van der Waals surface area (Å²) in [7, 11) is 0. The van der Waals surface area contributed by atoms with Crippen molar-refractivity contribution in [3.63, 3.8) is 0 Å². The molecule has 2 fully saturated rings. The van der Waals surface area contributed by atoms with Gasteiger partial charge in [-0.1, -0.05) is 6.92 Å². The molecule has 0 unspecified atom stereocenters. The monoisotopic (exact) mass is 395 g/mol. The van der Waals surface area contributed by atoms with E-state index in [4.69, 9.17) is 5.11 Å². The van der Waals surface area contributed by atoms with Crippen LogP contribution in [0.5, 0.6) is 0 Å². The Morgan fingerprint density at radius 1 is 1.00 bits per heavy atom. The molecule has 2 aromatic rings. The first-order valence-corrected chi connectivity index (χ1v) is 10.5. The molecule has 2 N–H and O–H groups in total. The number of carbonyl (C=O) groups is 1. The molecule has 0 radical (unpaired) electrons. The third-order valence-electron chi connectivity index (χ3n) is 6.11. The van der Waals surface area contributed by atoms with Gasteiger partial charge in [-0.2, -0.15) is 0 Å². The minimum Gasteiger partial charge on any atom is -0.481 e. The predicted molar refractivity (Wildman–Crippen MR) is 115 cm³/mol. The quantitative estimate of drug-likeness (QED) is 0.798. The lowest BCUT2D eigenvalue weighted by molar-refractivity contribution is -0.142. The van der Waals surface area contributed by atoms with Crippen molar-refractivity contribution < 1.29 is 9.90 Å². The fourth-order valence-electron chi connectivity index (χ4n) is 4.11. The molecular formula is C22H29N5O2. The first kappa shape index (κ1) is 19.5. The average Bonchev–Trinajstić information content (AvgIpc) is 2.75. The number of nitrogens with zero attached hydrogens (tertiary/aromatic N) is 4. The van der Waals surface area contributed by atoms with E-state index in [9.17, 15) is 4.79 Å².